The van der Waals surface area contributed by atoms with Crippen LogP contribution >= 0.6 is 0 Å². The van der Waals surface area contributed by atoms with Crippen molar-refractivity contribution in [3.63, 3.8) is 0 Å². The van der Waals surface area contributed by atoms with E-state index in [0.29, 0.717) is 5.88 Å². The molecule has 2 heterocycles. The lowest BCUT2D eigenvalue weighted by atomic mass is 10.1. The third-order valence-corrected chi connectivity index (χ3v) is 4.03. The highest BCUT2D eigenvalue weighted by atomic mass is 16.5. The zero-order chi connectivity index (χ0) is 17.9. The first-order chi connectivity index (χ1) is 11.3. The number of hydrogen-bond donors (Lipinski definition) is 2. The van der Waals surface area contributed by atoms with Crippen LogP contribution < -0.4 is 10.1 Å². The maximum absolute atomic E-state index is 12.2. The molecule has 2 amide bonds. The summed E-state index contributed by atoms with van der Waals surface area (Å²) in [7, 11) is 3.13. The van der Waals surface area contributed by atoms with Gasteiger partial charge in [0.05, 0.1) is 19.2 Å². The van der Waals surface area contributed by atoms with Gasteiger partial charge in [0.15, 0.2) is 5.76 Å². The van der Waals surface area contributed by atoms with Crippen molar-refractivity contribution in [3.8, 4) is 5.88 Å². The summed E-state index contributed by atoms with van der Waals surface area (Å²) in [6, 6.07) is 1.92. The molecule has 0 spiro atoms. The Balaban J connectivity index is 1.89. The Labute approximate surface area is 141 Å². The highest BCUT2D eigenvalue weighted by molar-refractivity contribution is 6.06. The van der Waals surface area contributed by atoms with E-state index in [-0.39, 0.29) is 18.2 Å². The van der Waals surface area contributed by atoms with E-state index in [9.17, 15) is 14.7 Å². The molecule has 7 nitrogen and oxygen atoms in total. The van der Waals surface area contributed by atoms with E-state index in [1.165, 1.54) is 4.90 Å². The van der Waals surface area contributed by atoms with E-state index in [1.54, 1.807) is 20.4 Å². The van der Waals surface area contributed by atoms with Crippen LogP contribution in [0.4, 0.5) is 0 Å². The molecule has 0 aromatic carbocycles. The molecule has 7 heteroatoms. The molecule has 1 atom stereocenters. The minimum atomic E-state index is -0.521. The van der Waals surface area contributed by atoms with Crippen LogP contribution in [0.1, 0.15) is 24.5 Å². The zero-order valence-electron chi connectivity index (χ0n) is 14.4. The number of aliphatic hydroxyl groups is 1. The number of likely N-dealkylation sites (N-methyl/N-ethyl adjacent to an activating group) is 1. The van der Waals surface area contributed by atoms with E-state index in [0.717, 1.165) is 24.0 Å². The summed E-state index contributed by atoms with van der Waals surface area (Å²) in [5.74, 6) is -0.774. The molecule has 130 valence electrons. The Hall–Kier alpha value is -2.57. The molecule has 24 heavy (non-hydrogen) atoms. The van der Waals surface area contributed by atoms with E-state index < -0.39 is 17.6 Å². The molecule has 1 unspecified atom stereocenters. The quantitative estimate of drug-likeness (QED) is 0.814. The molecule has 0 saturated carbocycles. The SMILES string of the molecule is COc1ncc(CCC(C)NC(=O)C2=C(O)C(=O)N(C)C2)cc1C. The Morgan fingerprint density at radius 1 is 1.54 bits per heavy atom. The van der Waals surface area contributed by atoms with Gasteiger partial charge in [-0.3, -0.25) is 9.59 Å². The number of amides is 2. The number of methoxy groups -OCH3 is 1. The van der Waals surface area contributed by atoms with Crippen molar-refractivity contribution in [3.05, 3.63) is 34.7 Å². The summed E-state index contributed by atoms with van der Waals surface area (Å²) in [6.07, 6.45) is 3.24. The maximum Gasteiger partial charge on any atom is 0.289 e. The highest BCUT2D eigenvalue weighted by Crippen LogP contribution is 2.17. The second kappa shape index (κ2) is 7.33. The summed E-state index contributed by atoms with van der Waals surface area (Å²) >= 11 is 0. The van der Waals surface area contributed by atoms with Gasteiger partial charge in [-0.25, -0.2) is 4.98 Å². The second-order valence-corrected chi connectivity index (χ2v) is 6.07. The van der Waals surface area contributed by atoms with Gasteiger partial charge in [-0.05, 0) is 38.3 Å². The molecule has 0 saturated heterocycles. The molecule has 2 rings (SSSR count). The average molecular weight is 333 g/mol. The van der Waals surface area contributed by atoms with Crippen LogP contribution in [-0.4, -0.2) is 53.5 Å². The molecule has 0 bridgehead atoms. The number of carbonyl (C=O) groups is 2. The minimum absolute atomic E-state index is 0.0961. The van der Waals surface area contributed by atoms with Gasteiger partial charge < -0.3 is 20.1 Å². The van der Waals surface area contributed by atoms with E-state index in [1.807, 2.05) is 19.9 Å². The Morgan fingerprint density at radius 3 is 2.79 bits per heavy atom. The van der Waals surface area contributed by atoms with Crippen LogP contribution in [0.3, 0.4) is 0 Å². The predicted molar refractivity (Wildman–Crippen MR) is 88.7 cm³/mol. The maximum atomic E-state index is 12.2. The summed E-state index contributed by atoms with van der Waals surface area (Å²) in [4.78, 5) is 29.2. The number of carbonyl (C=O) groups excluding carboxylic acids is 2. The first-order valence-electron chi connectivity index (χ1n) is 7.81. The van der Waals surface area contributed by atoms with Crippen molar-refractivity contribution in [2.45, 2.75) is 32.7 Å². The van der Waals surface area contributed by atoms with Crippen molar-refractivity contribution in [2.24, 2.45) is 0 Å². The molecule has 0 aliphatic carbocycles. The predicted octanol–water partition coefficient (Wildman–Crippen LogP) is 1.12. The second-order valence-electron chi connectivity index (χ2n) is 6.07. The first kappa shape index (κ1) is 17.8. The number of hydrogen-bond acceptors (Lipinski definition) is 5. The van der Waals surface area contributed by atoms with Crippen LogP contribution in [0.2, 0.25) is 0 Å². The third-order valence-electron chi connectivity index (χ3n) is 4.03. The van der Waals surface area contributed by atoms with Gasteiger partial charge >= 0.3 is 0 Å². The van der Waals surface area contributed by atoms with Crippen molar-refractivity contribution in [1.82, 2.24) is 15.2 Å². The number of ether oxygens (including phenoxy) is 1. The van der Waals surface area contributed by atoms with Gasteiger partial charge in [0.2, 0.25) is 5.88 Å². The Kier molecular flexibility index (Phi) is 5.43. The fraction of sp³-hybridized carbons (Fsp3) is 0.471. The standard InChI is InChI=1S/C17H23N3O4/c1-10-7-12(8-18-16(10)24-4)6-5-11(2)19-15(22)13-9-20(3)17(23)14(13)21/h7-8,11,21H,5-6,9H2,1-4H3,(H,19,22). The van der Waals surface area contributed by atoms with Gasteiger partial charge in [-0.2, -0.15) is 0 Å². The third kappa shape index (κ3) is 3.84. The van der Waals surface area contributed by atoms with Gasteiger partial charge in [0.25, 0.3) is 11.8 Å². The normalized spacial score (nSPS) is 15.7. The fourth-order valence-corrected chi connectivity index (χ4v) is 2.61. The lowest BCUT2D eigenvalue weighted by Gasteiger charge is -2.15. The van der Waals surface area contributed by atoms with Crippen LogP contribution in [-0.2, 0) is 16.0 Å². The Bertz CT molecular complexity index is 684. The Morgan fingerprint density at radius 2 is 2.25 bits per heavy atom. The topological polar surface area (TPSA) is 91.8 Å². The van der Waals surface area contributed by atoms with Crippen LogP contribution in [0, 0.1) is 6.92 Å². The van der Waals surface area contributed by atoms with Crippen LogP contribution in [0.25, 0.3) is 0 Å². The molecular weight excluding hydrogens is 310 g/mol. The molecule has 0 radical (unpaired) electrons. The summed E-state index contributed by atoms with van der Waals surface area (Å²) in [5, 5.41) is 12.5. The number of aliphatic hydroxyl groups excluding tert-OH is 1. The van der Waals surface area contributed by atoms with E-state index in [4.69, 9.17) is 4.74 Å². The van der Waals surface area contributed by atoms with Crippen LogP contribution in [0.15, 0.2) is 23.6 Å². The number of aryl methyl sites for hydroxylation is 2. The van der Waals surface area contributed by atoms with Crippen molar-refractivity contribution in [1.29, 1.82) is 0 Å². The summed E-state index contributed by atoms with van der Waals surface area (Å²) < 4.78 is 5.13. The van der Waals surface area contributed by atoms with Gasteiger partial charge in [0.1, 0.15) is 0 Å². The molecule has 1 aromatic rings. The monoisotopic (exact) mass is 333 g/mol. The van der Waals surface area contributed by atoms with Crippen molar-refractivity contribution >= 4 is 11.8 Å². The first-order valence-corrected chi connectivity index (χ1v) is 7.81. The molecule has 2 N–H and O–H groups in total. The molecular formula is C17H23N3O4. The summed E-state index contributed by atoms with van der Waals surface area (Å²) in [5.41, 5.74) is 2.15. The highest BCUT2D eigenvalue weighted by Gasteiger charge is 2.31. The molecule has 1 aliphatic heterocycles. The lowest BCUT2D eigenvalue weighted by Crippen LogP contribution is -2.35. The van der Waals surface area contributed by atoms with E-state index in [2.05, 4.69) is 10.3 Å². The van der Waals surface area contributed by atoms with E-state index >= 15 is 0 Å². The number of nitrogens with zero attached hydrogens (tertiary/aromatic N) is 2. The largest absolute Gasteiger partial charge is 0.503 e. The molecule has 1 aliphatic rings. The summed E-state index contributed by atoms with van der Waals surface area (Å²) in [6.45, 7) is 3.95. The number of pyridine rings is 1. The van der Waals surface area contributed by atoms with Gasteiger partial charge in [0, 0.05) is 24.8 Å². The number of aromatic nitrogens is 1. The molecule has 1 aromatic heterocycles. The van der Waals surface area contributed by atoms with Gasteiger partial charge in [-0.1, -0.05) is 0 Å². The van der Waals surface area contributed by atoms with Crippen LogP contribution in [0.5, 0.6) is 5.88 Å². The number of rotatable bonds is 6. The smallest absolute Gasteiger partial charge is 0.289 e. The van der Waals surface area contributed by atoms with Crippen molar-refractivity contribution < 1.29 is 19.4 Å². The molecule has 0 fully saturated rings. The van der Waals surface area contributed by atoms with Crippen molar-refractivity contribution in [2.75, 3.05) is 20.7 Å². The zero-order valence-corrected chi connectivity index (χ0v) is 14.4. The average Bonchev–Trinajstić information content (AvgIpc) is 2.80. The van der Waals surface area contributed by atoms with Gasteiger partial charge in [-0.15, -0.1) is 0 Å². The minimum Gasteiger partial charge on any atom is -0.503 e. The fourth-order valence-electron chi connectivity index (χ4n) is 2.61. The number of nitrogens with one attached hydrogen (secondary N) is 1. The lowest BCUT2D eigenvalue weighted by molar-refractivity contribution is -0.126.